The Kier molecular flexibility index (Phi) is 7.87. The van der Waals surface area contributed by atoms with Gasteiger partial charge in [0.05, 0.1) is 12.2 Å². The molecule has 1 saturated heterocycles. The Labute approximate surface area is 238 Å². The lowest BCUT2D eigenvalue weighted by Crippen LogP contribution is -2.41. The largest absolute Gasteiger partial charge is 0.348 e. The highest BCUT2D eigenvalue weighted by molar-refractivity contribution is 7.27. The summed E-state index contributed by atoms with van der Waals surface area (Å²) in [6.45, 7) is 4.18. The molecule has 1 fully saturated rings. The Morgan fingerprint density at radius 3 is 2.59 bits per heavy atom. The summed E-state index contributed by atoms with van der Waals surface area (Å²) < 4.78 is 1.90. The standard InChI is InChI=1S/C26H32N9OPS2/c1-6-19-23(33(5)24-29-22(20(13-27)38-24)16-7-9-18(37)10-8-16)35-25(28-19)39-26(30-35)34-12-11-17(14-34)32(4)15-21(36)31(2)3/h7-10,17H,6,11-12,14-15,37H2,1-5H3. The van der Waals surface area contributed by atoms with E-state index in [9.17, 15) is 10.1 Å². The summed E-state index contributed by atoms with van der Waals surface area (Å²) in [5.74, 6) is 0.972. The number of aromatic nitrogens is 4. The average Bonchev–Trinajstić information content (AvgIpc) is 3.70. The molecule has 0 saturated carbocycles. The number of benzene rings is 1. The van der Waals surface area contributed by atoms with E-state index >= 15 is 0 Å². The molecule has 4 aromatic rings. The van der Waals surface area contributed by atoms with E-state index in [1.54, 1.807) is 30.3 Å². The van der Waals surface area contributed by atoms with E-state index in [4.69, 9.17) is 15.1 Å². The third kappa shape index (κ3) is 5.37. The molecular weight excluding hydrogens is 549 g/mol. The molecule has 2 atom stereocenters. The highest BCUT2D eigenvalue weighted by Gasteiger charge is 2.30. The fourth-order valence-corrected chi connectivity index (χ4v) is 6.68. The van der Waals surface area contributed by atoms with Crippen molar-refractivity contribution in [3.05, 3.63) is 34.8 Å². The molecule has 5 rings (SSSR count). The van der Waals surface area contributed by atoms with Gasteiger partial charge < -0.3 is 14.7 Å². The number of nitriles is 1. The molecular formula is C26H32N9OPS2. The Hall–Kier alpha value is -3.10. The number of carbonyl (C=O) groups excluding carboxylic acids is 1. The minimum Gasteiger partial charge on any atom is -0.348 e. The topological polar surface area (TPSA) is 96.9 Å². The van der Waals surface area contributed by atoms with Crippen molar-refractivity contribution in [3.8, 4) is 17.3 Å². The molecule has 0 spiro atoms. The molecule has 1 amide bonds. The number of carbonyl (C=O) groups is 1. The number of rotatable bonds is 8. The van der Waals surface area contributed by atoms with Crippen LogP contribution in [-0.2, 0) is 11.2 Å². The van der Waals surface area contributed by atoms with Gasteiger partial charge in [-0.15, -0.1) is 14.3 Å². The average molecular weight is 582 g/mol. The van der Waals surface area contributed by atoms with E-state index in [0.29, 0.717) is 17.1 Å². The predicted molar refractivity (Wildman–Crippen MR) is 162 cm³/mol. The van der Waals surface area contributed by atoms with E-state index in [0.717, 1.165) is 63.5 Å². The van der Waals surface area contributed by atoms with Crippen LogP contribution in [0.15, 0.2) is 24.3 Å². The molecule has 4 heterocycles. The lowest BCUT2D eigenvalue weighted by Gasteiger charge is -2.25. The zero-order valence-corrected chi connectivity index (χ0v) is 25.5. The highest BCUT2D eigenvalue weighted by Crippen LogP contribution is 2.38. The molecule has 0 bridgehead atoms. The van der Waals surface area contributed by atoms with E-state index in [-0.39, 0.29) is 11.9 Å². The van der Waals surface area contributed by atoms with Crippen LogP contribution in [0.25, 0.3) is 16.2 Å². The molecule has 3 aromatic heterocycles. The minimum atomic E-state index is 0.106. The number of imidazole rings is 1. The highest BCUT2D eigenvalue weighted by atomic mass is 32.1. The first-order chi connectivity index (χ1) is 18.7. The number of anilines is 3. The number of fused-ring (bicyclic) bond motifs is 1. The molecule has 2 unspecified atom stereocenters. The van der Waals surface area contributed by atoms with Crippen LogP contribution >= 0.6 is 31.9 Å². The van der Waals surface area contributed by atoms with Gasteiger partial charge in [0.25, 0.3) is 0 Å². The molecule has 204 valence electrons. The maximum absolute atomic E-state index is 12.2. The third-order valence-corrected chi connectivity index (χ3v) is 9.41. The second-order valence-corrected chi connectivity index (χ2v) is 12.5. The van der Waals surface area contributed by atoms with Crippen molar-refractivity contribution in [1.29, 1.82) is 5.26 Å². The maximum atomic E-state index is 12.2. The van der Waals surface area contributed by atoms with Crippen molar-refractivity contribution in [2.45, 2.75) is 25.8 Å². The molecule has 39 heavy (non-hydrogen) atoms. The molecule has 13 heteroatoms. The van der Waals surface area contributed by atoms with Gasteiger partial charge in [0.15, 0.2) is 10.9 Å². The summed E-state index contributed by atoms with van der Waals surface area (Å²) in [4.78, 5) is 31.4. The van der Waals surface area contributed by atoms with Gasteiger partial charge >= 0.3 is 0 Å². The van der Waals surface area contributed by atoms with Gasteiger partial charge in [-0.05, 0) is 25.2 Å². The molecule has 10 nitrogen and oxygen atoms in total. The Morgan fingerprint density at radius 2 is 1.92 bits per heavy atom. The van der Waals surface area contributed by atoms with E-state index in [1.165, 1.54) is 11.3 Å². The van der Waals surface area contributed by atoms with Crippen molar-refractivity contribution in [2.75, 3.05) is 57.6 Å². The second kappa shape index (κ2) is 11.2. The van der Waals surface area contributed by atoms with Crippen LogP contribution in [0.5, 0.6) is 0 Å². The van der Waals surface area contributed by atoms with E-state index in [2.05, 4.69) is 32.0 Å². The number of hydrogen-bond donors (Lipinski definition) is 0. The lowest BCUT2D eigenvalue weighted by molar-refractivity contribution is -0.130. The quantitative estimate of drug-likeness (QED) is 0.293. The first kappa shape index (κ1) is 27.5. The number of likely N-dealkylation sites (N-methyl/N-ethyl adjacent to an activating group) is 2. The summed E-state index contributed by atoms with van der Waals surface area (Å²) in [5.41, 5.74) is 2.54. The zero-order chi connectivity index (χ0) is 27.8. The molecule has 0 aliphatic carbocycles. The maximum Gasteiger partial charge on any atom is 0.236 e. The predicted octanol–water partition coefficient (Wildman–Crippen LogP) is 3.22. The first-order valence-corrected chi connectivity index (χ1v) is 15.0. The van der Waals surface area contributed by atoms with Gasteiger partial charge in [-0.1, -0.05) is 53.9 Å². The van der Waals surface area contributed by atoms with Gasteiger partial charge in [0, 0.05) is 45.8 Å². The Balaban J connectivity index is 1.42. The smallest absolute Gasteiger partial charge is 0.236 e. The fourth-order valence-electron chi connectivity index (χ4n) is 4.68. The van der Waals surface area contributed by atoms with Crippen LogP contribution < -0.4 is 15.1 Å². The van der Waals surface area contributed by atoms with Crippen molar-refractivity contribution in [1.82, 2.24) is 29.4 Å². The minimum absolute atomic E-state index is 0.106. The number of aryl methyl sites for hydroxylation is 1. The summed E-state index contributed by atoms with van der Waals surface area (Å²) in [7, 11) is 10.2. The zero-order valence-electron chi connectivity index (χ0n) is 22.7. The van der Waals surface area contributed by atoms with Gasteiger partial charge in [-0.3, -0.25) is 9.69 Å². The summed E-state index contributed by atoms with van der Waals surface area (Å²) >= 11 is 2.95. The van der Waals surface area contributed by atoms with Crippen LogP contribution in [0, 0.1) is 11.3 Å². The Bertz CT molecular complexity index is 1540. The summed E-state index contributed by atoms with van der Waals surface area (Å²) in [6, 6.07) is 10.6. The summed E-state index contributed by atoms with van der Waals surface area (Å²) in [5, 5.41) is 17.5. The fraction of sp³-hybridized carbons (Fsp3) is 0.423. The molecule has 1 aromatic carbocycles. The lowest BCUT2D eigenvalue weighted by atomic mass is 10.1. The monoisotopic (exact) mass is 581 g/mol. The molecule has 0 N–H and O–H groups in total. The molecule has 1 aliphatic heterocycles. The first-order valence-electron chi connectivity index (χ1n) is 12.7. The van der Waals surface area contributed by atoms with E-state index in [1.807, 2.05) is 47.8 Å². The van der Waals surface area contributed by atoms with Crippen molar-refractivity contribution < 1.29 is 4.79 Å². The van der Waals surface area contributed by atoms with E-state index < -0.39 is 0 Å². The normalized spacial score (nSPS) is 15.3. The summed E-state index contributed by atoms with van der Waals surface area (Å²) in [6.07, 6.45) is 1.73. The van der Waals surface area contributed by atoms with Crippen LogP contribution in [-0.4, -0.2) is 89.2 Å². The van der Waals surface area contributed by atoms with Crippen LogP contribution in [0.4, 0.5) is 16.1 Å². The SMILES string of the molecule is CCc1nc2sc(N3CCC(N(C)CC(=O)N(C)C)C3)nn2c1N(C)c1nc(-c2ccc(P)cc2)c(C#N)s1. The third-order valence-electron chi connectivity index (χ3n) is 7.02. The van der Waals surface area contributed by atoms with Crippen molar-refractivity contribution in [2.24, 2.45) is 0 Å². The van der Waals surface area contributed by atoms with Crippen LogP contribution in [0.3, 0.4) is 0 Å². The van der Waals surface area contributed by atoms with Gasteiger partial charge in [-0.25, -0.2) is 9.97 Å². The van der Waals surface area contributed by atoms with Crippen LogP contribution in [0.1, 0.15) is 23.9 Å². The molecule has 1 aliphatic rings. The number of thiazole rings is 1. The second-order valence-electron chi connectivity index (χ2n) is 9.87. The van der Waals surface area contributed by atoms with Gasteiger partial charge in [0.1, 0.15) is 16.6 Å². The van der Waals surface area contributed by atoms with Crippen molar-refractivity contribution in [3.63, 3.8) is 0 Å². The van der Waals surface area contributed by atoms with Crippen molar-refractivity contribution >= 4 is 64.2 Å². The van der Waals surface area contributed by atoms with Gasteiger partial charge in [-0.2, -0.15) is 9.78 Å². The number of nitrogens with zero attached hydrogens (tertiary/aromatic N) is 9. The number of amides is 1. The molecule has 0 radical (unpaired) electrons. The van der Waals surface area contributed by atoms with Crippen LogP contribution in [0.2, 0.25) is 0 Å². The Morgan fingerprint density at radius 1 is 1.18 bits per heavy atom. The van der Waals surface area contributed by atoms with Gasteiger partial charge in [0.2, 0.25) is 16.0 Å². The number of hydrogen-bond acceptors (Lipinski definition) is 10.